The molecule has 0 spiro atoms. The molecule has 1 aliphatic carbocycles. The summed E-state index contributed by atoms with van der Waals surface area (Å²) in [4.78, 5) is 38.4. The van der Waals surface area contributed by atoms with E-state index in [9.17, 15) is 14.4 Å². The van der Waals surface area contributed by atoms with Gasteiger partial charge in [-0.3, -0.25) is 19.7 Å². The Labute approximate surface area is 201 Å². The molecule has 2 N–H and O–H groups in total. The van der Waals surface area contributed by atoms with Crippen molar-refractivity contribution in [3.8, 4) is 0 Å². The van der Waals surface area contributed by atoms with Gasteiger partial charge in [0.2, 0.25) is 11.8 Å². The third-order valence-corrected chi connectivity index (χ3v) is 7.76. The van der Waals surface area contributed by atoms with Gasteiger partial charge in [-0.15, -0.1) is 0 Å². The fourth-order valence-electron chi connectivity index (χ4n) is 5.89. The number of hydrogen-bond donors (Lipinski definition) is 2. The molecule has 3 amide bonds. The van der Waals surface area contributed by atoms with E-state index < -0.39 is 6.04 Å². The molecule has 2 aromatic carbocycles. The van der Waals surface area contributed by atoms with Crippen LogP contribution in [0.25, 0.3) is 0 Å². The molecule has 178 valence electrons. The molecule has 0 radical (unpaired) electrons. The van der Waals surface area contributed by atoms with Gasteiger partial charge in [-0.05, 0) is 61.3 Å². The molecular formula is C28H33N3O3. The van der Waals surface area contributed by atoms with Crippen LogP contribution in [0.1, 0.15) is 78.5 Å². The van der Waals surface area contributed by atoms with Crippen molar-refractivity contribution in [3.05, 3.63) is 70.8 Å². The maximum absolute atomic E-state index is 13.0. The highest BCUT2D eigenvalue weighted by Crippen LogP contribution is 2.32. The third kappa shape index (κ3) is 4.64. The number of imide groups is 1. The summed E-state index contributed by atoms with van der Waals surface area (Å²) in [6.45, 7) is 2.68. The van der Waals surface area contributed by atoms with Gasteiger partial charge in [-0.25, -0.2) is 0 Å². The minimum atomic E-state index is -0.563. The molecule has 1 saturated carbocycles. The minimum absolute atomic E-state index is 0.107. The van der Waals surface area contributed by atoms with Crippen molar-refractivity contribution in [2.24, 2.45) is 5.92 Å². The second-order valence-corrected chi connectivity index (χ2v) is 10.0. The second-order valence-electron chi connectivity index (χ2n) is 10.0. The summed E-state index contributed by atoms with van der Waals surface area (Å²) in [5.74, 6) is -0.169. The lowest BCUT2D eigenvalue weighted by Gasteiger charge is -2.35. The molecule has 0 bridgehead atoms. The highest BCUT2D eigenvalue weighted by molar-refractivity contribution is 6.05. The zero-order valence-corrected chi connectivity index (χ0v) is 19.8. The van der Waals surface area contributed by atoms with Crippen LogP contribution in [0.3, 0.4) is 0 Å². The van der Waals surface area contributed by atoms with Gasteiger partial charge in [0.05, 0.1) is 0 Å². The lowest BCUT2D eigenvalue weighted by atomic mass is 9.80. The molecule has 6 nitrogen and oxygen atoms in total. The van der Waals surface area contributed by atoms with E-state index in [1.165, 1.54) is 36.8 Å². The number of piperidine rings is 1. The molecular weight excluding hydrogens is 426 g/mol. The number of carbonyl (C=O) groups is 3. The van der Waals surface area contributed by atoms with Gasteiger partial charge < -0.3 is 10.2 Å². The van der Waals surface area contributed by atoms with Crippen LogP contribution in [-0.2, 0) is 22.6 Å². The number of amides is 3. The summed E-state index contributed by atoms with van der Waals surface area (Å²) in [6.07, 6.45) is 6.57. The van der Waals surface area contributed by atoms with Crippen LogP contribution in [0.2, 0.25) is 0 Å². The molecule has 1 saturated heterocycles. The van der Waals surface area contributed by atoms with Crippen LogP contribution in [0, 0.1) is 5.92 Å². The van der Waals surface area contributed by atoms with Crippen LogP contribution in [0.5, 0.6) is 0 Å². The summed E-state index contributed by atoms with van der Waals surface area (Å²) in [7, 11) is 0. The molecule has 0 aromatic heterocycles. The van der Waals surface area contributed by atoms with E-state index in [0.717, 1.165) is 12.0 Å². The van der Waals surface area contributed by atoms with Gasteiger partial charge in [0.1, 0.15) is 6.04 Å². The average molecular weight is 460 g/mol. The van der Waals surface area contributed by atoms with Gasteiger partial charge in [0.15, 0.2) is 0 Å². The standard InChI is InChI=1S/C28H33N3O3/c1-18(20-7-3-2-4-8-20)29-24-10-6-5-9-21(24)15-19-11-12-23-22(16-19)17-31(28(23)34)25-13-14-26(32)30-27(25)33/h2-4,7-8,11-12,16,18,21,24-25,29H,5-6,9-10,13-15,17H2,1H3,(H,30,32,33)/t18?,21-,24+,25?/m1/s1. The van der Waals surface area contributed by atoms with Crippen molar-refractivity contribution in [1.82, 2.24) is 15.5 Å². The van der Waals surface area contributed by atoms with E-state index in [1.54, 1.807) is 4.90 Å². The highest BCUT2D eigenvalue weighted by Gasteiger charge is 2.39. The van der Waals surface area contributed by atoms with Crippen LogP contribution in [0.4, 0.5) is 0 Å². The Bertz CT molecular complexity index is 1080. The number of hydrogen-bond acceptors (Lipinski definition) is 4. The van der Waals surface area contributed by atoms with Crippen LogP contribution in [0.15, 0.2) is 48.5 Å². The number of nitrogens with zero attached hydrogens (tertiary/aromatic N) is 1. The van der Waals surface area contributed by atoms with Crippen LogP contribution >= 0.6 is 0 Å². The van der Waals surface area contributed by atoms with Crippen LogP contribution < -0.4 is 10.6 Å². The summed E-state index contributed by atoms with van der Waals surface area (Å²) < 4.78 is 0. The number of benzene rings is 2. The summed E-state index contributed by atoms with van der Waals surface area (Å²) in [5.41, 5.74) is 4.24. The van der Waals surface area contributed by atoms with Crippen molar-refractivity contribution < 1.29 is 14.4 Å². The molecule has 2 unspecified atom stereocenters. The number of fused-ring (bicyclic) bond motifs is 1. The summed E-state index contributed by atoms with van der Waals surface area (Å²) in [5, 5.41) is 6.26. The van der Waals surface area contributed by atoms with Crippen LogP contribution in [-0.4, -0.2) is 34.7 Å². The summed E-state index contributed by atoms with van der Waals surface area (Å²) >= 11 is 0. The maximum atomic E-state index is 13.0. The van der Waals surface area contributed by atoms with E-state index >= 15 is 0 Å². The Morgan fingerprint density at radius 2 is 1.82 bits per heavy atom. The zero-order chi connectivity index (χ0) is 23.7. The smallest absolute Gasteiger partial charge is 0.255 e. The number of rotatable bonds is 6. The SMILES string of the molecule is CC(N[C@H]1CCCC[C@@H]1Cc1ccc2c(c1)CN(C1CCC(=O)NC1=O)C2=O)c1ccccc1. The predicted octanol–water partition coefficient (Wildman–Crippen LogP) is 3.90. The lowest BCUT2D eigenvalue weighted by molar-refractivity contribution is -0.136. The van der Waals surface area contributed by atoms with E-state index in [4.69, 9.17) is 0 Å². The fraction of sp³-hybridized carbons (Fsp3) is 0.464. The van der Waals surface area contributed by atoms with E-state index in [1.807, 2.05) is 6.07 Å². The van der Waals surface area contributed by atoms with Crippen molar-refractivity contribution in [2.45, 2.75) is 76.5 Å². The molecule has 6 heteroatoms. The highest BCUT2D eigenvalue weighted by atomic mass is 16.2. The van der Waals surface area contributed by atoms with E-state index in [2.05, 4.69) is 60.0 Å². The van der Waals surface area contributed by atoms with Gasteiger partial charge in [0.25, 0.3) is 5.91 Å². The van der Waals surface area contributed by atoms with Crippen molar-refractivity contribution >= 4 is 17.7 Å². The Morgan fingerprint density at radius 3 is 2.62 bits per heavy atom. The lowest BCUT2D eigenvalue weighted by Crippen LogP contribution is -2.52. The van der Waals surface area contributed by atoms with Gasteiger partial charge >= 0.3 is 0 Å². The predicted molar refractivity (Wildman–Crippen MR) is 130 cm³/mol. The Balaban J connectivity index is 1.27. The minimum Gasteiger partial charge on any atom is -0.322 e. The molecule has 5 rings (SSSR count). The monoisotopic (exact) mass is 459 g/mol. The van der Waals surface area contributed by atoms with E-state index in [-0.39, 0.29) is 24.1 Å². The van der Waals surface area contributed by atoms with Crippen molar-refractivity contribution in [2.75, 3.05) is 0 Å². The quantitative estimate of drug-likeness (QED) is 0.643. The molecule has 2 fully saturated rings. The fourth-order valence-corrected chi connectivity index (χ4v) is 5.89. The largest absolute Gasteiger partial charge is 0.322 e. The molecule has 3 aliphatic rings. The Hall–Kier alpha value is -2.99. The number of nitrogens with one attached hydrogen (secondary N) is 2. The van der Waals surface area contributed by atoms with Crippen molar-refractivity contribution in [1.29, 1.82) is 0 Å². The normalized spacial score (nSPS) is 25.7. The van der Waals surface area contributed by atoms with Gasteiger partial charge in [-0.1, -0.05) is 55.3 Å². The molecule has 2 aliphatic heterocycles. The average Bonchev–Trinajstić information content (AvgIpc) is 3.16. The summed E-state index contributed by atoms with van der Waals surface area (Å²) in [6, 6.07) is 17.0. The first-order chi connectivity index (χ1) is 16.5. The third-order valence-electron chi connectivity index (χ3n) is 7.76. The van der Waals surface area contributed by atoms with Gasteiger partial charge in [0, 0.05) is 30.6 Å². The molecule has 34 heavy (non-hydrogen) atoms. The first-order valence-corrected chi connectivity index (χ1v) is 12.6. The molecule has 2 aromatic rings. The van der Waals surface area contributed by atoms with Gasteiger partial charge in [-0.2, -0.15) is 0 Å². The zero-order valence-electron chi connectivity index (χ0n) is 19.8. The first kappa shape index (κ1) is 22.8. The Kier molecular flexibility index (Phi) is 6.50. The van der Waals surface area contributed by atoms with E-state index in [0.29, 0.717) is 36.5 Å². The topological polar surface area (TPSA) is 78.5 Å². The Morgan fingerprint density at radius 1 is 1.03 bits per heavy atom. The molecule has 4 atom stereocenters. The number of carbonyl (C=O) groups excluding carboxylic acids is 3. The van der Waals surface area contributed by atoms with Crippen molar-refractivity contribution in [3.63, 3.8) is 0 Å². The molecule has 2 heterocycles. The maximum Gasteiger partial charge on any atom is 0.255 e. The first-order valence-electron chi connectivity index (χ1n) is 12.6. The second kappa shape index (κ2) is 9.71.